The van der Waals surface area contributed by atoms with Crippen molar-refractivity contribution in [3.63, 3.8) is 0 Å². The van der Waals surface area contributed by atoms with Crippen molar-refractivity contribution in [1.82, 2.24) is 35.6 Å². The average molecular weight is 312 g/mol. The van der Waals surface area contributed by atoms with Crippen LogP contribution >= 0.6 is 0 Å². The minimum Gasteiger partial charge on any atom is -0.359 e. The van der Waals surface area contributed by atoms with Gasteiger partial charge >= 0.3 is 0 Å². The lowest BCUT2D eigenvalue weighted by molar-refractivity contribution is 0.352. The number of hydrogen-bond donors (Lipinski definition) is 2. The Morgan fingerprint density at radius 3 is 2.87 bits per heavy atom. The molecule has 3 rings (SSSR count). The maximum atomic E-state index is 4.36. The van der Waals surface area contributed by atoms with Crippen LogP contribution in [0, 0.1) is 5.41 Å². The van der Waals surface area contributed by atoms with Gasteiger partial charge in [-0.1, -0.05) is 26.0 Å². The zero-order chi connectivity index (χ0) is 16.3. The second kappa shape index (κ2) is 6.23. The van der Waals surface area contributed by atoms with E-state index >= 15 is 0 Å². The lowest BCUT2D eigenvalue weighted by Crippen LogP contribution is -2.17. The molecule has 3 aromatic heterocycles. The molecular weight excluding hydrogens is 292 g/mol. The number of aromatic nitrogens is 7. The van der Waals surface area contributed by atoms with E-state index in [0.717, 1.165) is 29.6 Å². The van der Waals surface area contributed by atoms with Crippen LogP contribution in [0.1, 0.15) is 45.5 Å². The molecule has 0 amide bonds. The highest BCUT2D eigenvalue weighted by Crippen LogP contribution is 2.29. The van der Waals surface area contributed by atoms with Crippen molar-refractivity contribution in [3.8, 4) is 0 Å². The summed E-state index contributed by atoms with van der Waals surface area (Å²) in [5.74, 6) is 1.39. The third-order valence-corrected chi connectivity index (χ3v) is 3.61. The standard InChI is InChI=1S/C15H20N8/c1-15(2,3)6-4-11(14-20-22-23-21-14)19-13-10-5-7-16-8-12(10)17-9-18-13/h5,7-9,11H,4,6H2,1-3H3,(H,17,18,19)(H,20,21,22,23). The summed E-state index contributed by atoms with van der Waals surface area (Å²) < 4.78 is 0. The molecule has 0 saturated carbocycles. The van der Waals surface area contributed by atoms with E-state index in [1.807, 2.05) is 6.07 Å². The molecule has 1 atom stereocenters. The Balaban J connectivity index is 1.88. The molecule has 0 bridgehead atoms. The molecule has 0 aliphatic heterocycles. The van der Waals surface area contributed by atoms with Crippen molar-refractivity contribution in [2.75, 3.05) is 5.32 Å². The highest BCUT2D eigenvalue weighted by molar-refractivity contribution is 5.88. The Labute approximate surface area is 134 Å². The second-order valence-electron chi connectivity index (χ2n) is 6.68. The Bertz CT molecular complexity index is 757. The number of nitrogens with one attached hydrogen (secondary N) is 2. The summed E-state index contributed by atoms with van der Waals surface area (Å²) >= 11 is 0. The van der Waals surface area contributed by atoms with E-state index in [1.165, 1.54) is 6.33 Å². The molecule has 0 aliphatic rings. The lowest BCUT2D eigenvalue weighted by Gasteiger charge is -2.22. The Hall–Kier alpha value is -2.64. The monoisotopic (exact) mass is 312 g/mol. The van der Waals surface area contributed by atoms with Crippen molar-refractivity contribution in [3.05, 3.63) is 30.6 Å². The molecule has 3 heterocycles. The van der Waals surface area contributed by atoms with E-state index in [0.29, 0.717) is 5.82 Å². The number of H-pyrrole nitrogens is 1. The zero-order valence-electron chi connectivity index (χ0n) is 13.5. The fourth-order valence-corrected chi connectivity index (χ4v) is 2.35. The number of nitrogens with zero attached hydrogens (tertiary/aromatic N) is 6. The van der Waals surface area contributed by atoms with Crippen LogP contribution in [0.25, 0.3) is 10.9 Å². The Kier molecular flexibility index (Phi) is 4.14. The predicted molar refractivity (Wildman–Crippen MR) is 86.6 cm³/mol. The van der Waals surface area contributed by atoms with Crippen LogP contribution in [0.5, 0.6) is 0 Å². The first kappa shape index (κ1) is 15.3. The zero-order valence-corrected chi connectivity index (χ0v) is 13.5. The fraction of sp³-hybridized carbons (Fsp3) is 0.467. The molecule has 0 spiro atoms. The predicted octanol–water partition coefficient (Wildman–Crippen LogP) is 2.52. The van der Waals surface area contributed by atoms with Gasteiger partial charge in [-0.25, -0.2) is 9.97 Å². The van der Waals surface area contributed by atoms with Crippen molar-refractivity contribution in [2.24, 2.45) is 5.41 Å². The smallest absolute Gasteiger partial charge is 0.196 e. The van der Waals surface area contributed by atoms with Crippen LogP contribution in [0.15, 0.2) is 24.8 Å². The molecule has 23 heavy (non-hydrogen) atoms. The number of aromatic amines is 1. The molecule has 0 saturated heterocycles. The van der Waals surface area contributed by atoms with Gasteiger partial charge in [0, 0.05) is 11.6 Å². The topological polar surface area (TPSA) is 105 Å². The third-order valence-electron chi connectivity index (χ3n) is 3.61. The van der Waals surface area contributed by atoms with Gasteiger partial charge in [0.2, 0.25) is 0 Å². The number of pyridine rings is 1. The fourth-order valence-electron chi connectivity index (χ4n) is 2.35. The molecule has 120 valence electrons. The normalized spacial score (nSPS) is 13.2. The number of fused-ring (bicyclic) bond motifs is 1. The van der Waals surface area contributed by atoms with Crippen molar-refractivity contribution in [2.45, 2.75) is 39.7 Å². The van der Waals surface area contributed by atoms with Crippen LogP contribution in [0.4, 0.5) is 5.82 Å². The van der Waals surface area contributed by atoms with Gasteiger partial charge in [0.15, 0.2) is 5.82 Å². The van der Waals surface area contributed by atoms with E-state index < -0.39 is 0 Å². The number of hydrogen-bond acceptors (Lipinski definition) is 7. The maximum Gasteiger partial charge on any atom is 0.196 e. The third kappa shape index (κ3) is 3.77. The molecule has 0 aliphatic carbocycles. The Morgan fingerprint density at radius 1 is 1.26 bits per heavy atom. The highest BCUT2D eigenvalue weighted by Gasteiger charge is 2.21. The van der Waals surface area contributed by atoms with Crippen LogP contribution in [0.3, 0.4) is 0 Å². The molecule has 2 N–H and O–H groups in total. The van der Waals surface area contributed by atoms with Gasteiger partial charge in [-0.3, -0.25) is 4.98 Å². The van der Waals surface area contributed by atoms with Gasteiger partial charge < -0.3 is 5.32 Å². The Morgan fingerprint density at radius 2 is 2.13 bits per heavy atom. The van der Waals surface area contributed by atoms with Gasteiger partial charge in [0.25, 0.3) is 0 Å². The summed E-state index contributed by atoms with van der Waals surface area (Å²) in [6.07, 6.45) is 6.88. The summed E-state index contributed by atoms with van der Waals surface area (Å²) in [7, 11) is 0. The largest absolute Gasteiger partial charge is 0.359 e. The van der Waals surface area contributed by atoms with E-state index in [-0.39, 0.29) is 11.5 Å². The maximum absolute atomic E-state index is 4.36. The minimum absolute atomic E-state index is 0.0701. The van der Waals surface area contributed by atoms with Crippen molar-refractivity contribution < 1.29 is 0 Å². The second-order valence-corrected chi connectivity index (χ2v) is 6.68. The first-order chi connectivity index (χ1) is 11.0. The molecule has 3 aromatic rings. The highest BCUT2D eigenvalue weighted by atomic mass is 15.5. The lowest BCUT2D eigenvalue weighted by atomic mass is 9.88. The quantitative estimate of drug-likeness (QED) is 0.745. The summed E-state index contributed by atoms with van der Waals surface area (Å²) in [6, 6.07) is 1.83. The molecule has 8 heteroatoms. The molecular formula is C15H20N8. The first-order valence-corrected chi connectivity index (χ1v) is 7.57. The van der Waals surface area contributed by atoms with Gasteiger partial charge in [0.1, 0.15) is 12.1 Å². The number of tetrazole rings is 1. The van der Waals surface area contributed by atoms with Crippen LogP contribution in [-0.2, 0) is 0 Å². The first-order valence-electron chi connectivity index (χ1n) is 7.57. The molecule has 0 fully saturated rings. The summed E-state index contributed by atoms with van der Waals surface area (Å²) in [5.41, 5.74) is 1.02. The number of rotatable bonds is 5. The molecule has 1 unspecified atom stereocenters. The van der Waals surface area contributed by atoms with E-state index in [1.54, 1.807) is 12.4 Å². The van der Waals surface area contributed by atoms with Crippen molar-refractivity contribution >= 4 is 16.7 Å². The van der Waals surface area contributed by atoms with Crippen LogP contribution < -0.4 is 5.32 Å². The summed E-state index contributed by atoms with van der Waals surface area (Å²) in [4.78, 5) is 12.7. The van der Waals surface area contributed by atoms with Gasteiger partial charge in [-0.15, -0.1) is 10.2 Å². The minimum atomic E-state index is -0.0701. The van der Waals surface area contributed by atoms with E-state index in [2.05, 4.69) is 61.7 Å². The SMILES string of the molecule is CC(C)(C)CCC(Nc1ncnc2cnccc12)c1nn[nH]n1. The van der Waals surface area contributed by atoms with Gasteiger partial charge in [0.05, 0.1) is 17.8 Å². The van der Waals surface area contributed by atoms with Crippen LogP contribution in [-0.4, -0.2) is 35.6 Å². The summed E-state index contributed by atoms with van der Waals surface area (Å²) in [5, 5.41) is 18.8. The van der Waals surface area contributed by atoms with Crippen LogP contribution in [0.2, 0.25) is 0 Å². The average Bonchev–Trinajstić information content (AvgIpc) is 3.05. The van der Waals surface area contributed by atoms with Gasteiger partial charge in [-0.2, -0.15) is 5.21 Å². The molecule has 8 nitrogen and oxygen atoms in total. The van der Waals surface area contributed by atoms with Crippen molar-refractivity contribution in [1.29, 1.82) is 0 Å². The summed E-state index contributed by atoms with van der Waals surface area (Å²) in [6.45, 7) is 6.64. The van der Waals surface area contributed by atoms with E-state index in [4.69, 9.17) is 0 Å². The van der Waals surface area contributed by atoms with E-state index in [9.17, 15) is 0 Å². The molecule has 0 aromatic carbocycles. The molecule has 0 radical (unpaired) electrons. The number of anilines is 1. The van der Waals surface area contributed by atoms with Gasteiger partial charge in [-0.05, 0) is 24.3 Å².